The van der Waals surface area contributed by atoms with E-state index in [-0.39, 0.29) is 96.7 Å². The van der Waals surface area contributed by atoms with Crippen molar-refractivity contribution in [2.75, 3.05) is 77.9 Å². The number of pyridine rings is 4. The number of nitrogens with one attached hydrogen (secondary N) is 11. The van der Waals surface area contributed by atoms with Crippen molar-refractivity contribution >= 4 is 143 Å². The summed E-state index contributed by atoms with van der Waals surface area (Å²) in [5.41, 5.74) is 6.37. The van der Waals surface area contributed by atoms with Crippen molar-refractivity contribution < 1.29 is 81.7 Å². The van der Waals surface area contributed by atoms with Crippen LogP contribution in [-0.2, 0) is 39.8 Å². The van der Waals surface area contributed by atoms with Crippen LogP contribution in [0.5, 0.6) is 0 Å². The molecule has 4 fully saturated rings. The summed E-state index contributed by atoms with van der Waals surface area (Å²) in [7, 11) is 0.748. The van der Waals surface area contributed by atoms with E-state index in [9.17, 15) is 81.7 Å². The van der Waals surface area contributed by atoms with E-state index in [2.05, 4.69) is 119 Å². The van der Waals surface area contributed by atoms with Crippen LogP contribution in [-0.4, -0.2) is 185 Å². The molecule has 8 aromatic heterocycles. The van der Waals surface area contributed by atoms with Crippen LogP contribution in [0.2, 0.25) is 5.15 Å². The lowest BCUT2D eigenvalue weighted by Crippen LogP contribution is -2.43. The molecule has 0 radical (unpaired) electrons. The Balaban J connectivity index is 0.000000185. The molecule has 35 nitrogen and oxygen atoms in total. The lowest BCUT2D eigenvalue weighted by Gasteiger charge is -2.36. The maximum atomic E-state index is 13.0. The molecule has 8 amide bonds. The van der Waals surface area contributed by atoms with Crippen molar-refractivity contribution in [3.8, 4) is 0 Å². The quantitative estimate of drug-likeness (QED) is 0.0304. The molecule has 45 heteroatoms. The fraction of sp³-hybridized carbons (Fsp3) is 0.362. The first-order chi connectivity index (χ1) is 53.6. The topological polar surface area (TPSA) is 501 Å². The summed E-state index contributed by atoms with van der Waals surface area (Å²) in [5, 5.41) is 59.0. The molecule has 606 valence electrons. The minimum atomic E-state index is -3.64. The molecule has 114 heavy (non-hydrogen) atoms. The summed E-state index contributed by atoms with van der Waals surface area (Å²) < 4.78 is 126. The SMILES string of the molecule is CC1(F)CC(C(N)=O)C1.CNC(=O)c1nnc(Cl)cc1Nc1ncccc1C.CNC(=O)c1nnc(NC(=O)C2CC(F)(F)C2)cc1Nc1ncccc1C.CNC(=O)c1nnc(NC(=O)C2CC(F)(F)C2)cc1Nc1ncccc1S(C)(=O)=O.CNC(=O)c1nnc(NC(=O)C2CC(F)(F)C2)cc1Nc1ncccc1S(C)=O. The number of carbonyl (C=O) groups is 8. The van der Waals surface area contributed by atoms with E-state index < -0.39 is 136 Å². The molecule has 4 saturated carbocycles. The molecule has 0 spiro atoms. The molecule has 0 bridgehead atoms. The van der Waals surface area contributed by atoms with E-state index in [1.807, 2.05) is 32.0 Å². The first kappa shape index (κ1) is 87.4. The minimum Gasteiger partial charge on any atom is -0.369 e. The number of aryl methyl sites for hydroxylation is 2. The summed E-state index contributed by atoms with van der Waals surface area (Å²) in [6, 6.07) is 18.9. The van der Waals surface area contributed by atoms with Gasteiger partial charge in [0.15, 0.2) is 55.2 Å². The van der Waals surface area contributed by atoms with Crippen LogP contribution in [0.4, 0.5) is 94.2 Å². The number of rotatable bonds is 21. The predicted octanol–water partition coefficient (Wildman–Crippen LogP) is 7.87. The molecule has 0 saturated heterocycles. The Kier molecular flexibility index (Phi) is 28.7. The van der Waals surface area contributed by atoms with Crippen molar-refractivity contribution in [1.29, 1.82) is 0 Å². The molecular weight excluding hydrogens is 1570 g/mol. The third-order valence-corrected chi connectivity index (χ3v) is 19.3. The zero-order chi connectivity index (χ0) is 83.8. The Morgan fingerprint density at radius 2 is 0.763 bits per heavy atom. The standard InChI is InChI=1S/C17H18F2N6O4S.C17H18F2N6O3S.C17H18F2N6O2.C12H12ClN5O.C6H10FNO/c1-20-16(27)13-10(22-14-11(30(2,28)29)4-3-5-21-14)6-12(24-25-13)23-15(26)9-7-17(18,19)8-9;1-20-16(27)13-10(22-14-11(29(2)28)4-3-5-21-14)6-12(24-25-13)23-15(26)9-7-17(18,19)8-9;1-9-4-3-5-21-14(9)22-11-6-12(24-25-13(11)16(27)20-2)23-15(26)10-7-17(18,19)8-10;1-7-4-3-5-15-11(7)16-8-6-9(13)17-18-10(8)12(19)14-2;1-6(7)2-4(3-6)5(8)9/h3-6,9H,7-8H2,1-2H3,(H,20,27)(H2,21,22,23,24,26);3-6,9H,7-8H2,1-2H3,(H,20,27)(H2,21,22,23,24,26);3-6,10H,7-8H2,1-2H3,(H,20,27)(H2,21,22,23,24,26);3-6H,1-2H3,(H,14,19)(H,15,16,17);4H,2-3H2,1H3,(H2,8,9). The van der Waals surface area contributed by atoms with Crippen LogP contribution in [0.15, 0.2) is 107 Å². The minimum absolute atomic E-state index is 0.00993. The van der Waals surface area contributed by atoms with Crippen LogP contribution in [0.1, 0.15) is 111 Å². The van der Waals surface area contributed by atoms with Crippen LogP contribution < -0.4 is 64.2 Å². The summed E-state index contributed by atoms with van der Waals surface area (Å²) in [6.07, 6.45) is 6.04. The van der Waals surface area contributed by atoms with Gasteiger partial charge in [-0.2, -0.15) is 0 Å². The Morgan fingerprint density at radius 1 is 0.456 bits per heavy atom. The summed E-state index contributed by atoms with van der Waals surface area (Å²) in [4.78, 5) is 111. The first-order valence-corrected chi connectivity index (χ1v) is 37.9. The lowest BCUT2D eigenvalue weighted by atomic mass is 9.73. The van der Waals surface area contributed by atoms with Gasteiger partial charge in [-0.25, -0.2) is 59.1 Å². The second-order valence-electron chi connectivity index (χ2n) is 26.3. The van der Waals surface area contributed by atoms with Crippen LogP contribution in [0, 0.1) is 37.5 Å². The molecule has 4 aliphatic carbocycles. The Morgan fingerprint density at radius 3 is 1.07 bits per heavy atom. The highest BCUT2D eigenvalue weighted by Gasteiger charge is 2.51. The van der Waals surface area contributed by atoms with Gasteiger partial charge >= 0.3 is 0 Å². The highest BCUT2D eigenvalue weighted by molar-refractivity contribution is 7.90. The third-order valence-electron chi connectivity index (χ3n) is 17.1. The maximum absolute atomic E-state index is 13.0. The number of alkyl halides is 7. The zero-order valence-corrected chi connectivity index (χ0v) is 64.4. The molecule has 8 heterocycles. The normalized spacial score (nSPS) is 17.0. The van der Waals surface area contributed by atoms with Crippen molar-refractivity contribution in [3.63, 3.8) is 0 Å². The van der Waals surface area contributed by atoms with Crippen molar-refractivity contribution in [1.82, 2.24) is 82.0 Å². The molecular formula is C69H76ClF7N24O11S2. The van der Waals surface area contributed by atoms with Gasteiger partial charge < -0.3 is 64.2 Å². The van der Waals surface area contributed by atoms with Crippen molar-refractivity contribution in [3.05, 3.63) is 137 Å². The van der Waals surface area contributed by atoms with E-state index in [1.165, 1.54) is 90.2 Å². The number of sulfone groups is 1. The summed E-state index contributed by atoms with van der Waals surface area (Å²) >= 11 is 5.80. The second kappa shape index (κ2) is 37.4. The monoisotopic (exact) mass is 1650 g/mol. The Bertz CT molecular complexity index is 5070. The molecule has 0 aliphatic heterocycles. The van der Waals surface area contributed by atoms with E-state index in [4.69, 9.17) is 17.3 Å². The van der Waals surface area contributed by atoms with Crippen molar-refractivity contribution in [2.24, 2.45) is 29.4 Å². The number of nitrogens with zero attached hydrogens (tertiary/aromatic N) is 12. The molecule has 1 atom stereocenters. The number of anilines is 11. The number of carbonyl (C=O) groups excluding carboxylic acids is 8. The van der Waals surface area contributed by atoms with E-state index >= 15 is 0 Å². The molecule has 0 aromatic carbocycles. The van der Waals surface area contributed by atoms with E-state index in [0.29, 0.717) is 35.1 Å². The van der Waals surface area contributed by atoms with Gasteiger partial charge in [-0.05, 0) is 81.1 Å². The molecule has 12 rings (SSSR count). The van der Waals surface area contributed by atoms with Gasteiger partial charge in [-0.3, -0.25) is 42.6 Å². The van der Waals surface area contributed by atoms with Gasteiger partial charge in [0.25, 0.3) is 23.6 Å². The Labute approximate surface area is 653 Å². The highest BCUT2D eigenvalue weighted by atomic mass is 35.5. The Hall–Kier alpha value is -12.2. The van der Waals surface area contributed by atoms with Crippen LogP contribution in [0.3, 0.4) is 0 Å². The number of amides is 8. The van der Waals surface area contributed by atoms with Gasteiger partial charge in [0, 0.05) is 152 Å². The molecule has 1 unspecified atom stereocenters. The third kappa shape index (κ3) is 23.9. The van der Waals surface area contributed by atoms with Crippen LogP contribution >= 0.6 is 11.6 Å². The number of aromatic nitrogens is 12. The lowest BCUT2D eigenvalue weighted by molar-refractivity contribution is -0.145. The maximum Gasteiger partial charge on any atom is 0.273 e. The smallest absolute Gasteiger partial charge is 0.273 e. The molecule has 4 aliphatic rings. The fourth-order valence-corrected chi connectivity index (χ4v) is 12.5. The highest BCUT2D eigenvalue weighted by Crippen LogP contribution is 2.45. The molecule has 13 N–H and O–H groups in total. The summed E-state index contributed by atoms with van der Waals surface area (Å²) in [5.74, 6) is -14.0. The fourth-order valence-electron chi connectivity index (χ4n) is 10.9. The largest absolute Gasteiger partial charge is 0.369 e. The predicted molar refractivity (Wildman–Crippen MR) is 402 cm³/mol. The second-order valence-corrected chi connectivity index (χ2v) is 30.0. The first-order valence-electron chi connectivity index (χ1n) is 34.1. The van der Waals surface area contributed by atoms with Crippen molar-refractivity contribution in [2.45, 2.75) is 105 Å². The van der Waals surface area contributed by atoms with E-state index in [1.54, 1.807) is 30.6 Å². The van der Waals surface area contributed by atoms with E-state index in [0.717, 1.165) is 17.4 Å². The average Bonchev–Trinajstić information content (AvgIpc) is 0.802. The number of hydrogen-bond acceptors (Lipinski definition) is 27. The van der Waals surface area contributed by atoms with Gasteiger partial charge in [0.2, 0.25) is 41.4 Å². The number of halogens is 8. The van der Waals surface area contributed by atoms with Gasteiger partial charge in [0.1, 0.15) is 33.8 Å². The van der Waals surface area contributed by atoms with Gasteiger partial charge in [-0.15, -0.1) is 40.8 Å². The van der Waals surface area contributed by atoms with Gasteiger partial charge in [0.05, 0.1) is 38.4 Å². The number of primary amides is 1. The average molecular weight is 1650 g/mol. The zero-order valence-electron chi connectivity index (χ0n) is 62.0. The summed E-state index contributed by atoms with van der Waals surface area (Å²) in [6.45, 7) is 5.24. The van der Waals surface area contributed by atoms with Crippen LogP contribution in [0.25, 0.3) is 0 Å². The molecule has 8 aromatic rings. The van der Waals surface area contributed by atoms with Gasteiger partial charge in [-0.1, -0.05) is 23.7 Å². The number of nitrogens with two attached hydrogens (primary N) is 1. The number of hydrogen-bond donors (Lipinski definition) is 12.